The summed E-state index contributed by atoms with van der Waals surface area (Å²) in [4.78, 5) is 0. The Hall–Kier alpha value is -0.790. The molecule has 0 spiro atoms. The molecule has 1 rings (SSSR count). The molecule has 0 bridgehead atoms. The fraction of sp³-hybridized carbons (Fsp3) is 0.912. The molecule has 36 heavy (non-hydrogen) atoms. The number of hydrogen-bond acceptors (Lipinski definition) is 0. The summed E-state index contributed by atoms with van der Waals surface area (Å²) in [6.07, 6.45) is 43.2. The average molecular weight is 504 g/mol. The number of hydrogen-bond donors (Lipinski definition) is 0. The molecule has 1 aromatic heterocycles. The summed E-state index contributed by atoms with van der Waals surface area (Å²) in [5.41, 5.74) is 0. The van der Waals surface area contributed by atoms with E-state index >= 15 is 0 Å². The summed E-state index contributed by atoms with van der Waals surface area (Å²) >= 11 is 0. The van der Waals surface area contributed by atoms with Gasteiger partial charge >= 0.3 is 0 Å². The SMILES string of the molecule is CCCCCCCCCCCCCCCCc1n(C)cc[n+]1CCCCCCCCCCCCCC. The van der Waals surface area contributed by atoms with Gasteiger partial charge in [-0.1, -0.05) is 162 Å². The Kier molecular flexibility index (Phi) is 23.9. The van der Waals surface area contributed by atoms with E-state index in [4.69, 9.17) is 0 Å². The van der Waals surface area contributed by atoms with Gasteiger partial charge in [0.05, 0.1) is 13.6 Å². The van der Waals surface area contributed by atoms with E-state index in [0.29, 0.717) is 0 Å². The smallest absolute Gasteiger partial charge is 0.237 e. The molecule has 2 heteroatoms. The van der Waals surface area contributed by atoms with Gasteiger partial charge in [-0.15, -0.1) is 0 Å². The van der Waals surface area contributed by atoms with Gasteiger partial charge in [0.2, 0.25) is 0 Å². The summed E-state index contributed by atoms with van der Waals surface area (Å²) in [5.74, 6) is 1.54. The maximum atomic E-state index is 2.54. The molecule has 0 aromatic carbocycles. The predicted octanol–water partition coefficient (Wildman–Crippen LogP) is 11.0. The summed E-state index contributed by atoms with van der Waals surface area (Å²) in [5, 5.41) is 0. The number of nitrogens with zero attached hydrogens (tertiary/aromatic N) is 2. The monoisotopic (exact) mass is 504 g/mol. The van der Waals surface area contributed by atoms with E-state index in [0.717, 1.165) is 0 Å². The minimum atomic E-state index is 1.21. The second-order valence-corrected chi connectivity index (χ2v) is 11.8. The molecule has 0 saturated heterocycles. The van der Waals surface area contributed by atoms with Crippen molar-refractivity contribution in [3.63, 3.8) is 0 Å². The van der Waals surface area contributed by atoms with Gasteiger partial charge in [0.25, 0.3) is 5.82 Å². The molecule has 0 N–H and O–H groups in total. The Bertz CT molecular complexity index is 562. The summed E-state index contributed by atoms with van der Waals surface area (Å²) in [6, 6.07) is 0. The van der Waals surface area contributed by atoms with Gasteiger partial charge < -0.3 is 0 Å². The van der Waals surface area contributed by atoms with Gasteiger partial charge in [-0.2, -0.15) is 0 Å². The standard InChI is InChI=1S/C34H67N2/c1-4-6-8-10-12-14-16-18-19-20-22-24-26-28-30-34-35(3)32-33-36(34)31-29-27-25-23-21-17-15-13-11-9-7-5-2/h32-33H,4-31H2,1-3H3/q+1. The Balaban J connectivity index is 1.94. The first-order chi connectivity index (χ1) is 17.8. The van der Waals surface area contributed by atoms with Crippen LogP contribution < -0.4 is 4.57 Å². The lowest BCUT2D eigenvalue weighted by molar-refractivity contribution is -0.704. The van der Waals surface area contributed by atoms with Crippen molar-refractivity contribution in [2.75, 3.05) is 0 Å². The quantitative estimate of drug-likeness (QED) is 0.0794. The van der Waals surface area contributed by atoms with Crippen molar-refractivity contribution in [3.8, 4) is 0 Å². The molecule has 0 atom stereocenters. The lowest BCUT2D eigenvalue weighted by Crippen LogP contribution is -2.37. The van der Waals surface area contributed by atoms with Crippen molar-refractivity contribution in [1.29, 1.82) is 0 Å². The maximum Gasteiger partial charge on any atom is 0.256 e. The minimum absolute atomic E-state index is 1.21. The third kappa shape index (κ3) is 19.3. The zero-order valence-electron chi connectivity index (χ0n) is 25.3. The Morgan fingerprint density at radius 1 is 0.472 bits per heavy atom. The highest BCUT2D eigenvalue weighted by atomic mass is 15.1. The molecule has 2 nitrogen and oxygen atoms in total. The fourth-order valence-corrected chi connectivity index (χ4v) is 5.68. The lowest BCUT2D eigenvalue weighted by Gasteiger charge is -2.05. The maximum absolute atomic E-state index is 2.54. The van der Waals surface area contributed by atoms with Gasteiger partial charge in [-0.3, -0.25) is 0 Å². The third-order valence-electron chi connectivity index (χ3n) is 8.22. The van der Waals surface area contributed by atoms with Gasteiger partial charge in [0.1, 0.15) is 12.4 Å². The summed E-state index contributed by atoms with van der Waals surface area (Å²) < 4.78 is 4.90. The van der Waals surface area contributed by atoms with Crippen LogP contribution in [0.3, 0.4) is 0 Å². The third-order valence-corrected chi connectivity index (χ3v) is 8.22. The number of imidazole rings is 1. The van der Waals surface area contributed by atoms with Gasteiger partial charge in [0, 0.05) is 6.42 Å². The van der Waals surface area contributed by atoms with Crippen molar-refractivity contribution in [2.45, 2.75) is 194 Å². The summed E-state index contributed by atoms with van der Waals surface area (Å²) in [7, 11) is 2.23. The molecule has 0 radical (unpaired) electrons. The molecule has 0 amide bonds. The van der Waals surface area contributed by atoms with Crippen LogP contribution in [0.1, 0.15) is 187 Å². The molecule has 0 aliphatic rings. The largest absolute Gasteiger partial charge is 0.256 e. The van der Waals surface area contributed by atoms with Crippen LogP contribution >= 0.6 is 0 Å². The predicted molar refractivity (Wildman–Crippen MR) is 161 cm³/mol. The molecule has 1 heterocycles. The number of rotatable bonds is 28. The number of unbranched alkanes of at least 4 members (excludes halogenated alkanes) is 24. The van der Waals surface area contributed by atoms with Crippen molar-refractivity contribution in [3.05, 3.63) is 18.2 Å². The number of aryl methyl sites for hydroxylation is 2. The van der Waals surface area contributed by atoms with Crippen molar-refractivity contribution in [2.24, 2.45) is 7.05 Å². The Morgan fingerprint density at radius 3 is 1.19 bits per heavy atom. The average Bonchev–Trinajstić information content (AvgIpc) is 3.23. The van der Waals surface area contributed by atoms with E-state index in [1.807, 2.05) is 0 Å². The molecule has 1 aromatic rings. The van der Waals surface area contributed by atoms with Crippen LogP contribution in [0.15, 0.2) is 12.4 Å². The highest BCUT2D eigenvalue weighted by Gasteiger charge is 2.13. The zero-order valence-corrected chi connectivity index (χ0v) is 25.3. The molecule has 0 aliphatic carbocycles. The molecule has 0 saturated carbocycles. The first-order valence-electron chi connectivity index (χ1n) is 16.8. The highest BCUT2D eigenvalue weighted by Crippen LogP contribution is 2.14. The Morgan fingerprint density at radius 2 is 0.806 bits per heavy atom. The van der Waals surface area contributed by atoms with E-state index in [2.05, 4.69) is 42.4 Å². The molecular formula is C34H67N2+. The highest BCUT2D eigenvalue weighted by molar-refractivity contribution is 4.82. The van der Waals surface area contributed by atoms with Crippen LogP contribution in [0.2, 0.25) is 0 Å². The van der Waals surface area contributed by atoms with E-state index in [9.17, 15) is 0 Å². The molecule has 0 aliphatic heterocycles. The van der Waals surface area contributed by atoms with Gasteiger partial charge in [-0.05, 0) is 19.3 Å². The van der Waals surface area contributed by atoms with Crippen LogP contribution in [-0.4, -0.2) is 4.57 Å². The molecule has 0 unspecified atom stereocenters. The first kappa shape index (κ1) is 33.2. The molecule has 212 valence electrons. The van der Waals surface area contributed by atoms with Crippen LogP contribution in [0.4, 0.5) is 0 Å². The van der Waals surface area contributed by atoms with Crippen molar-refractivity contribution >= 4 is 0 Å². The zero-order chi connectivity index (χ0) is 25.9. The molecular weight excluding hydrogens is 436 g/mol. The second kappa shape index (κ2) is 25.8. The van der Waals surface area contributed by atoms with Crippen LogP contribution in [0.5, 0.6) is 0 Å². The van der Waals surface area contributed by atoms with E-state index < -0.39 is 0 Å². The van der Waals surface area contributed by atoms with E-state index in [1.54, 1.807) is 0 Å². The lowest BCUT2D eigenvalue weighted by atomic mass is 10.0. The topological polar surface area (TPSA) is 8.81 Å². The number of aromatic nitrogens is 2. The van der Waals surface area contributed by atoms with Crippen LogP contribution in [-0.2, 0) is 20.0 Å². The van der Waals surface area contributed by atoms with Gasteiger partial charge in [0.15, 0.2) is 0 Å². The minimum Gasteiger partial charge on any atom is -0.237 e. The normalized spacial score (nSPS) is 11.5. The van der Waals surface area contributed by atoms with Crippen molar-refractivity contribution < 1.29 is 4.57 Å². The fourth-order valence-electron chi connectivity index (χ4n) is 5.68. The van der Waals surface area contributed by atoms with Crippen molar-refractivity contribution in [1.82, 2.24) is 4.57 Å². The van der Waals surface area contributed by atoms with Gasteiger partial charge in [-0.25, -0.2) is 9.13 Å². The molecule has 0 fully saturated rings. The second-order valence-electron chi connectivity index (χ2n) is 11.8. The summed E-state index contributed by atoms with van der Waals surface area (Å²) in [6.45, 7) is 5.82. The van der Waals surface area contributed by atoms with E-state index in [1.165, 1.54) is 186 Å². The van der Waals surface area contributed by atoms with Crippen LogP contribution in [0, 0.1) is 0 Å². The van der Waals surface area contributed by atoms with Crippen LogP contribution in [0.25, 0.3) is 0 Å². The first-order valence-corrected chi connectivity index (χ1v) is 16.8. The van der Waals surface area contributed by atoms with E-state index in [-0.39, 0.29) is 0 Å². The Labute approximate surface area is 228 Å².